The molecule has 0 aromatic carbocycles. The van der Waals surface area contributed by atoms with E-state index in [1.54, 1.807) is 6.20 Å². The number of nitrogens with zero attached hydrogens (tertiary/aromatic N) is 1. The van der Waals surface area contributed by atoms with Crippen molar-refractivity contribution in [1.82, 2.24) is 4.98 Å². The largest absolute Gasteiger partial charge is 0.323 e. The van der Waals surface area contributed by atoms with Gasteiger partial charge in [0.25, 0.3) is 0 Å². The van der Waals surface area contributed by atoms with Crippen LogP contribution < -0.4 is 5.73 Å². The number of hydrogen-bond donors (Lipinski definition) is 1. The predicted molar refractivity (Wildman–Crippen MR) is 46.2 cm³/mol. The molecule has 0 saturated carbocycles. The maximum atomic E-state index is 5.83. The smallest absolute Gasteiger partial charge is 0.0599 e. The second kappa shape index (κ2) is 3.49. The Morgan fingerprint density at radius 1 is 1.64 bits per heavy atom. The van der Waals surface area contributed by atoms with Gasteiger partial charge < -0.3 is 5.73 Å². The summed E-state index contributed by atoms with van der Waals surface area (Å²) in [5.41, 5.74) is 8.04. The Balaban J connectivity index is 2.93. The average Bonchev–Trinajstić information content (AvgIpc) is 2.04. The van der Waals surface area contributed by atoms with E-state index >= 15 is 0 Å². The van der Waals surface area contributed by atoms with E-state index in [-0.39, 0.29) is 6.04 Å². The zero-order valence-corrected chi connectivity index (χ0v) is 7.04. The van der Waals surface area contributed by atoms with Crippen molar-refractivity contribution in [1.29, 1.82) is 0 Å². The van der Waals surface area contributed by atoms with Crippen molar-refractivity contribution in [2.45, 2.75) is 26.3 Å². The van der Waals surface area contributed by atoms with E-state index in [1.807, 2.05) is 19.1 Å². The van der Waals surface area contributed by atoms with Gasteiger partial charge in [-0.15, -0.1) is 0 Å². The first-order chi connectivity index (χ1) is 5.25. The topological polar surface area (TPSA) is 38.9 Å². The number of aryl methyl sites for hydroxylation is 1. The molecule has 0 unspecified atom stereocenters. The highest BCUT2D eigenvalue weighted by molar-refractivity contribution is 5.20. The van der Waals surface area contributed by atoms with Crippen molar-refractivity contribution >= 4 is 0 Å². The third-order valence-electron chi connectivity index (χ3n) is 1.84. The minimum Gasteiger partial charge on any atom is -0.323 e. The lowest BCUT2D eigenvalue weighted by Gasteiger charge is -2.09. The second-order valence-electron chi connectivity index (χ2n) is 2.72. The van der Waals surface area contributed by atoms with Gasteiger partial charge in [0.15, 0.2) is 0 Å². The lowest BCUT2D eigenvalue weighted by atomic mass is 10.1. The third-order valence-corrected chi connectivity index (χ3v) is 1.84. The minimum absolute atomic E-state index is 0.0937. The summed E-state index contributed by atoms with van der Waals surface area (Å²) < 4.78 is 0. The van der Waals surface area contributed by atoms with E-state index in [2.05, 4.69) is 11.9 Å². The van der Waals surface area contributed by atoms with Gasteiger partial charge in [-0.3, -0.25) is 4.98 Å². The number of hydrogen-bond acceptors (Lipinski definition) is 2. The molecule has 60 valence electrons. The van der Waals surface area contributed by atoms with Crippen LogP contribution in [0.4, 0.5) is 0 Å². The fourth-order valence-electron chi connectivity index (χ4n) is 1.08. The average molecular weight is 150 g/mol. The molecule has 2 nitrogen and oxygen atoms in total. The molecule has 0 saturated heterocycles. The Kier molecular flexibility index (Phi) is 2.60. The maximum Gasteiger partial charge on any atom is 0.0599 e. The summed E-state index contributed by atoms with van der Waals surface area (Å²) in [5.74, 6) is 0. The van der Waals surface area contributed by atoms with Crippen molar-refractivity contribution in [3.8, 4) is 0 Å². The van der Waals surface area contributed by atoms with Gasteiger partial charge in [0, 0.05) is 12.2 Å². The van der Waals surface area contributed by atoms with E-state index in [0.29, 0.717) is 0 Å². The van der Waals surface area contributed by atoms with Crippen LogP contribution in [0.2, 0.25) is 0 Å². The molecule has 0 amide bonds. The van der Waals surface area contributed by atoms with Crippen LogP contribution in [0.15, 0.2) is 18.3 Å². The molecule has 1 atom stereocenters. The summed E-state index contributed by atoms with van der Waals surface area (Å²) in [6.07, 6.45) is 2.73. The summed E-state index contributed by atoms with van der Waals surface area (Å²) in [6, 6.07) is 4.06. The second-order valence-corrected chi connectivity index (χ2v) is 2.72. The van der Waals surface area contributed by atoms with Crippen LogP contribution in [0.25, 0.3) is 0 Å². The van der Waals surface area contributed by atoms with Gasteiger partial charge in [-0.05, 0) is 25.0 Å². The van der Waals surface area contributed by atoms with Gasteiger partial charge in [0.05, 0.1) is 5.69 Å². The molecule has 0 aliphatic carbocycles. The predicted octanol–water partition coefficient (Wildman–Crippen LogP) is 1.80. The monoisotopic (exact) mass is 150 g/mol. The van der Waals surface area contributed by atoms with Crippen LogP contribution in [-0.4, -0.2) is 4.98 Å². The number of aromatic nitrogens is 1. The SMILES string of the molecule is CC[C@H](N)c1ncccc1C. The molecular formula is C9H14N2. The highest BCUT2D eigenvalue weighted by Gasteiger charge is 2.05. The molecule has 0 radical (unpaired) electrons. The van der Waals surface area contributed by atoms with Gasteiger partial charge in [-0.2, -0.15) is 0 Å². The molecule has 0 bridgehead atoms. The van der Waals surface area contributed by atoms with Crippen molar-refractivity contribution in [2.75, 3.05) is 0 Å². The molecule has 2 heteroatoms. The van der Waals surface area contributed by atoms with Crippen molar-refractivity contribution in [3.63, 3.8) is 0 Å². The standard InChI is InChI=1S/C9H14N2/c1-3-8(10)9-7(2)5-4-6-11-9/h4-6,8H,3,10H2,1-2H3/t8-/m0/s1. The Morgan fingerprint density at radius 2 is 2.36 bits per heavy atom. The zero-order valence-electron chi connectivity index (χ0n) is 7.04. The van der Waals surface area contributed by atoms with E-state index in [0.717, 1.165) is 12.1 Å². The molecule has 0 fully saturated rings. The summed E-state index contributed by atoms with van der Waals surface area (Å²) in [6.45, 7) is 4.11. The lowest BCUT2D eigenvalue weighted by Crippen LogP contribution is -2.11. The number of nitrogens with two attached hydrogens (primary N) is 1. The molecule has 1 rings (SSSR count). The molecule has 0 aliphatic rings. The Bertz CT molecular complexity index is 233. The Labute approximate surface area is 67.5 Å². The van der Waals surface area contributed by atoms with Crippen LogP contribution in [0.1, 0.15) is 30.6 Å². The van der Waals surface area contributed by atoms with Gasteiger partial charge in [0.2, 0.25) is 0 Å². The quantitative estimate of drug-likeness (QED) is 0.698. The summed E-state index contributed by atoms with van der Waals surface area (Å²) >= 11 is 0. The fraction of sp³-hybridized carbons (Fsp3) is 0.444. The fourth-order valence-corrected chi connectivity index (χ4v) is 1.08. The van der Waals surface area contributed by atoms with Gasteiger partial charge in [-0.1, -0.05) is 13.0 Å². The van der Waals surface area contributed by atoms with E-state index < -0.39 is 0 Å². The zero-order chi connectivity index (χ0) is 8.27. The molecule has 1 heterocycles. The number of rotatable bonds is 2. The molecule has 11 heavy (non-hydrogen) atoms. The van der Waals surface area contributed by atoms with E-state index in [4.69, 9.17) is 5.73 Å². The Morgan fingerprint density at radius 3 is 2.91 bits per heavy atom. The minimum atomic E-state index is 0.0937. The molecule has 2 N–H and O–H groups in total. The highest BCUT2D eigenvalue weighted by Crippen LogP contribution is 2.13. The molecule has 0 aliphatic heterocycles. The summed E-state index contributed by atoms with van der Waals surface area (Å²) in [4.78, 5) is 4.22. The van der Waals surface area contributed by atoms with E-state index in [9.17, 15) is 0 Å². The first-order valence-electron chi connectivity index (χ1n) is 3.92. The molecule has 0 spiro atoms. The summed E-state index contributed by atoms with van der Waals surface area (Å²) in [5, 5.41) is 0. The lowest BCUT2D eigenvalue weighted by molar-refractivity contribution is 0.670. The van der Waals surface area contributed by atoms with Crippen LogP contribution in [0.3, 0.4) is 0 Å². The van der Waals surface area contributed by atoms with Crippen LogP contribution in [0.5, 0.6) is 0 Å². The van der Waals surface area contributed by atoms with Gasteiger partial charge >= 0.3 is 0 Å². The maximum absolute atomic E-state index is 5.83. The molecule has 1 aromatic rings. The first kappa shape index (κ1) is 8.21. The number of pyridine rings is 1. The normalized spacial score (nSPS) is 13.0. The van der Waals surface area contributed by atoms with Crippen LogP contribution >= 0.6 is 0 Å². The summed E-state index contributed by atoms with van der Waals surface area (Å²) in [7, 11) is 0. The molecule has 1 aromatic heterocycles. The van der Waals surface area contributed by atoms with Crippen LogP contribution in [-0.2, 0) is 0 Å². The van der Waals surface area contributed by atoms with E-state index in [1.165, 1.54) is 5.56 Å². The highest BCUT2D eigenvalue weighted by atomic mass is 14.8. The first-order valence-corrected chi connectivity index (χ1v) is 3.92. The van der Waals surface area contributed by atoms with Crippen molar-refractivity contribution in [2.24, 2.45) is 5.73 Å². The van der Waals surface area contributed by atoms with Crippen molar-refractivity contribution in [3.05, 3.63) is 29.6 Å². The Hall–Kier alpha value is -0.890. The molecular weight excluding hydrogens is 136 g/mol. The van der Waals surface area contributed by atoms with Gasteiger partial charge in [-0.25, -0.2) is 0 Å². The van der Waals surface area contributed by atoms with Crippen molar-refractivity contribution < 1.29 is 0 Å². The van der Waals surface area contributed by atoms with Gasteiger partial charge in [0.1, 0.15) is 0 Å². The third kappa shape index (κ3) is 1.77. The van der Waals surface area contributed by atoms with Crippen LogP contribution in [0, 0.1) is 6.92 Å².